The van der Waals surface area contributed by atoms with Crippen molar-refractivity contribution in [1.82, 2.24) is 9.55 Å². The Balaban J connectivity index is 1.48. The van der Waals surface area contributed by atoms with E-state index >= 15 is 0 Å². The van der Waals surface area contributed by atoms with Crippen molar-refractivity contribution in [3.63, 3.8) is 0 Å². The van der Waals surface area contributed by atoms with Gasteiger partial charge in [0.25, 0.3) is 0 Å². The summed E-state index contributed by atoms with van der Waals surface area (Å²) < 4.78 is 8.62. The van der Waals surface area contributed by atoms with E-state index in [4.69, 9.17) is 9.72 Å². The topological polar surface area (TPSA) is 30.3 Å². The molecular formula is C31H27N3O. The van der Waals surface area contributed by atoms with Crippen LogP contribution in [0.3, 0.4) is 0 Å². The van der Waals surface area contributed by atoms with Crippen molar-refractivity contribution in [3.05, 3.63) is 108 Å². The molecule has 35 heavy (non-hydrogen) atoms. The van der Waals surface area contributed by atoms with Crippen molar-refractivity contribution < 1.29 is 4.74 Å². The highest BCUT2D eigenvalue weighted by Gasteiger charge is 2.39. The predicted octanol–water partition coefficient (Wildman–Crippen LogP) is 7.76. The van der Waals surface area contributed by atoms with Crippen LogP contribution in [0.4, 0.5) is 17.1 Å². The monoisotopic (exact) mass is 457 g/mol. The van der Waals surface area contributed by atoms with Crippen LogP contribution in [0.1, 0.15) is 44.4 Å². The second-order valence-corrected chi connectivity index (χ2v) is 10.5. The van der Waals surface area contributed by atoms with E-state index in [9.17, 15) is 0 Å². The molecule has 0 fully saturated rings. The van der Waals surface area contributed by atoms with Gasteiger partial charge in [-0.3, -0.25) is 4.57 Å². The SMILES string of the molecule is CC1(C)Oc2nc3ccccc3n2-c2ccc(N3c4ccccc4C(C)(C)c4ccccc43)cc21. The van der Waals surface area contributed by atoms with Crippen LogP contribution >= 0.6 is 0 Å². The Bertz CT molecular complexity index is 1590. The van der Waals surface area contributed by atoms with Gasteiger partial charge in [-0.25, -0.2) is 0 Å². The number of rotatable bonds is 1. The zero-order chi connectivity index (χ0) is 23.9. The maximum atomic E-state index is 6.48. The van der Waals surface area contributed by atoms with Crippen LogP contribution in [0, 0.1) is 0 Å². The van der Waals surface area contributed by atoms with Gasteiger partial charge in [-0.15, -0.1) is 0 Å². The van der Waals surface area contributed by atoms with Crippen LogP contribution in [0.5, 0.6) is 6.01 Å². The van der Waals surface area contributed by atoms with E-state index in [0.717, 1.165) is 28.0 Å². The van der Waals surface area contributed by atoms with Gasteiger partial charge in [0.15, 0.2) is 0 Å². The molecule has 0 unspecified atom stereocenters. The standard InChI is InChI=1S/C31H27N3O/c1-30(2)21-11-5-8-14-25(21)33(26-15-9-6-12-22(26)30)20-17-18-27-23(19-20)31(3,4)35-29-32-24-13-7-10-16-28(24)34(27)29/h5-19H,1-4H3. The highest BCUT2D eigenvalue weighted by Crippen LogP contribution is 2.52. The Morgan fingerprint density at radius 2 is 1.29 bits per heavy atom. The van der Waals surface area contributed by atoms with Gasteiger partial charge < -0.3 is 9.64 Å². The van der Waals surface area contributed by atoms with Gasteiger partial charge in [-0.05, 0) is 67.4 Å². The molecule has 7 rings (SSSR count). The summed E-state index contributed by atoms with van der Waals surface area (Å²) in [6, 6.07) is 33.1. The summed E-state index contributed by atoms with van der Waals surface area (Å²) in [5.41, 5.74) is 9.89. The molecule has 0 saturated carbocycles. The second-order valence-electron chi connectivity index (χ2n) is 10.5. The largest absolute Gasteiger partial charge is 0.453 e. The minimum atomic E-state index is -0.517. The van der Waals surface area contributed by atoms with E-state index in [1.54, 1.807) is 0 Å². The molecule has 0 N–H and O–H groups in total. The summed E-state index contributed by atoms with van der Waals surface area (Å²) in [5.74, 6) is 0. The van der Waals surface area contributed by atoms with Crippen molar-refractivity contribution in [2.24, 2.45) is 0 Å². The van der Waals surface area contributed by atoms with Gasteiger partial charge in [-0.1, -0.05) is 62.4 Å². The molecule has 0 radical (unpaired) electrons. The maximum Gasteiger partial charge on any atom is 0.303 e. The molecule has 0 atom stereocenters. The lowest BCUT2D eigenvalue weighted by atomic mass is 9.73. The van der Waals surface area contributed by atoms with Crippen LogP contribution in [-0.2, 0) is 11.0 Å². The molecule has 4 aromatic carbocycles. The van der Waals surface area contributed by atoms with Crippen LogP contribution in [0.15, 0.2) is 91.0 Å². The molecule has 4 nitrogen and oxygen atoms in total. The quantitative estimate of drug-likeness (QED) is 0.258. The number of fused-ring (bicyclic) bond motifs is 7. The first-order valence-corrected chi connectivity index (χ1v) is 12.2. The number of nitrogens with zero attached hydrogens (tertiary/aromatic N) is 3. The van der Waals surface area contributed by atoms with E-state index in [-0.39, 0.29) is 5.41 Å². The molecule has 5 aromatic rings. The smallest absolute Gasteiger partial charge is 0.303 e. The van der Waals surface area contributed by atoms with E-state index in [0.29, 0.717) is 6.01 Å². The Morgan fingerprint density at radius 3 is 2.00 bits per heavy atom. The fraction of sp³-hybridized carbons (Fsp3) is 0.194. The summed E-state index contributed by atoms with van der Waals surface area (Å²) in [4.78, 5) is 7.16. The lowest BCUT2D eigenvalue weighted by molar-refractivity contribution is 0.0848. The number of para-hydroxylation sites is 4. The van der Waals surface area contributed by atoms with Crippen LogP contribution < -0.4 is 9.64 Å². The van der Waals surface area contributed by atoms with Gasteiger partial charge in [-0.2, -0.15) is 4.98 Å². The van der Waals surface area contributed by atoms with Crippen molar-refractivity contribution in [3.8, 4) is 11.7 Å². The first kappa shape index (κ1) is 20.3. The molecule has 2 aliphatic heterocycles. The van der Waals surface area contributed by atoms with Crippen LogP contribution in [0.25, 0.3) is 16.7 Å². The number of anilines is 3. The molecule has 3 heterocycles. The zero-order valence-corrected chi connectivity index (χ0v) is 20.4. The number of benzene rings is 4. The molecule has 4 heteroatoms. The molecule has 2 aliphatic rings. The predicted molar refractivity (Wildman–Crippen MR) is 142 cm³/mol. The Labute approximate surface area is 205 Å². The molecule has 0 amide bonds. The van der Waals surface area contributed by atoms with E-state index in [1.165, 1.54) is 22.5 Å². The third kappa shape index (κ3) is 2.71. The van der Waals surface area contributed by atoms with Gasteiger partial charge in [0, 0.05) is 16.7 Å². The van der Waals surface area contributed by atoms with Gasteiger partial charge in [0.1, 0.15) is 5.60 Å². The molecule has 172 valence electrons. The summed E-state index contributed by atoms with van der Waals surface area (Å²) in [6.07, 6.45) is 0. The molecule has 0 saturated heterocycles. The fourth-order valence-corrected chi connectivity index (χ4v) is 5.88. The lowest BCUT2D eigenvalue weighted by Crippen LogP contribution is -2.33. The van der Waals surface area contributed by atoms with Crippen molar-refractivity contribution in [2.45, 2.75) is 38.7 Å². The Morgan fingerprint density at radius 1 is 0.657 bits per heavy atom. The number of aromatic nitrogens is 2. The summed E-state index contributed by atoms with van der Waals surface area (Å²) >= 11 is 0. The molecule has 0 spiro atoms. The molecule has 0 aliphatic carbocycles. The minimum Gasteiger partial charge on any atom is -0.453 e. The summed E-state index contributed by atoms with van der Waals surface area (Å²) in [5, 5.41) is 0. The Kier molecular flexibility index (Phi) is 3.93. The number of imidazole rings is 1. The minimum absolute atomic E-state index is 0.0785. The van der Waals surface area contributed by atoms with E-state index in [2.05, 4.69) is 116 Å². The van der Waals surface area contributed by atoms with E-state index in [1.807, 2.05) is 12.1 Å². The van der Waals surface area contributed by atoms with Gasteiger partial charge in [0.05, 0.1) is 28.1 Å². The first-order chi connectivity index (χ1) is 16.9. The number of hydrogen-bond acceptors (Lipinski definition) is 3. The lowest BCUT2D eigenvalue weighted by Gasteiger charge is -2.42. The van der Waals surface area contributed by atoms with Crippen LogP contribution in [-0.4, -0.2) is 9.55 Å². The normalized spacial score (nSPS) is 16.6. The van der Waals surface area contributed by atoms with E-state index < -0.39 is 5.60 Å². The number of ether oxygens (including phenoxy) is 1. The van der Waals surface area contributed by atoms with Gasteiger partial charge in [0.2, 0.25) is 0 Å². The molecular weight excluding hydrogens is 430 g/mol. The third-order valence-corrected chi connectivity index (χ3v) is 7.64. The highest BCUT2D eigenvalue weighted by molar-refractivity contribution is 5.87. The van der Waals surface area contributed by atoms with Crippen molar-refractivity contribution in [1.29, 1.82) is 0 Å². The maximum absolute atomic E-state index is 6.48. The second kappa shape index (κ2) is 6.76. The average Bonchev–Trinajstić information content (AvgIpc) is 3.22. The summed E-state index contributed by atoms with van der Waals surface area (Å²) in [7, 11) is 0. The van der Waals surface area contributed by atoms with Crippen molar-refractivity contribution >= 4 is 28.1 Å². The summed E-state index contributed by atoms with van der Waals surface area (Å²) in [6.45, 7) is 8.88. The average molecular weight is 458 g/mol. The van der Waals surface area contributed by atoms with Gasteiger partial charge >= 0.3 is 6.01 Å². The first-order valence-electron chi connectivity index (χ1n) is 12.2. The molecule has 1 aromatic heterocycles. The van der Waals surface area contributed by atoms with Crippen molar-refractivity contribution in [2.75, 3.05) is 4.90 Å². The Hall–Kier alpha value is -4.05. The highest BCUT2D eigenvalue weighted by atomic mass is 16.5. The fourth-order valence-electron chi connectivity index (χ4n) is 5.88. The number of hydrogen-bond donors (Lipinski definition) is 0. The van der Waals surface area contributed by atoms with Crippen LogP contribution in [0.2, 0.25) is 0 Å². The third-order valence-electron chi connectivity index (χ3n) is 7.64. The molecule has 0 bridgehead atoms. The zero-order valence-electron chi connectivity index (χ0n) is 20.4.